The van der Waals surface area contributed by atoms with Gasteiger partial charge in [-0.05, 0) is 13.8 Å². The maximum atomic E-state index is 5.68. The van der Waals surface area contributed by atoms with E-state index < -0.39 is 0 Å². The molecule has 3 heterocycles. The fourth-order valence-corrected chi connectivity index (χ4v) is 3.40. The number of ether oxygens (including phenoxy) is 1. The zero-order chi connectivity index (χ0) is 15.5. The number of anilines is 1. The van der Waals surface area contributed by atoms with E-state index in [1.807, 2.05) is 25.5 Å². The Morgan fingerprint density at radius 3 is 3.00 bits per heavy atom. The van der Waals surface area contributed by atoms with Gasteiger partial charge in [0.25, 0.3) is 0 Å². The van der Waals surface area contributed by atoms with Crippen LogP contribution in [0.15, 0.2) is 11.6 Å². The van der Waals surface area contributed by atoms with Crippen molar-refractivity contribution in [3.8, 4) is 0 Å². The van der Waals surface area contributed by atoms with Crippen molar-refractivity contribution >= 4 is 17.2 Å². The van der Waals surface area contributed by atoms with E-state index in [0.717, 1.165) is 42.7 Å². The van der Waals surface area contributed by atoms with Gasteiger partial charge in [0.05, 0.1) is 30.5 Å². The first-order valence-electron chi connectivity index (χ1n) is 7.41. The zero-order valence-electron chi connectivity index (χ0n) is 13.2. The van der Waals surface area contributed by atoms with E-state index >= 15 is 0 Å². The van der Waals surface area contributed by atoms with Crippen molar-refractivity contribution in [3.63, 3.8) is 0 Å². The Balaban J connectivity index is 1.86. The maximum Gasteiger partial charge on any atom is 0.150 e. The largest absolute Gasteiger partial charge is 0.378 e. The van der Waals surface area contributed by atoms with Crippen molar-refractivity contribution in [1.82, 2.24) is 19.9 Å². The summed E-state index contributed by atoms with van der Waals surface area (Å²) in [6.45, 7) is 7.19. The standard InChI is InChI=1S/C15H21N5OS/c1-10-6-14(16-3)19-15(18-10)12-8-21-5-4-20(12)7-13-11(2)17-9-22-13/h6,9,12H,4-5,7-8H2,1-3H3,(H,16,18,19). The summed E-state index contributed by atoms with van der Waals surface area (Å²) < 4.78 is 5.68. The van der Waals surface area contributed by atoms with Crippen molar-refractivity contribution < 1.29 is 4.74 Å². The number of aromatic nitrogens is 3. The Morgan fingerprint density at radius 2 is 2.27 bits per heavy atom. The molecule has 0 aromatic carbocycles. The lowest BCUT2D eigenvalue weighted by molar-refractivity contribution is -0.0155. The highest BCUT2D eigenvalue weighted by molar-refractivity contribution is 7.09. The maximum absolute atomic E-state index is 5.68. The summed E-state index contributed by atoms with van der Waals surface area (Å²) in [4.78, 5) is 17.3. The Kier molecular flexibility index (Phi) is 4.66. The summed E-state index contributed by atoms with van der Waals surface area (Å²) in [5, 5.41) is 3.10. The lowest BCUT2D eigenvalue weighted by Crippen LogP contribution is -2.40. The number of morpholine rings is 1. The monoisotopic (exact) mass is 319 g/mol. The molecule has 0 bridgehead atoms. The topological polar surface area (TPSA) is 63.2 Å². The van der Waals surface area contributed by atoms with Gasteiger partial charge in [0.15, 0.2) is 0 Å². The van der Waals surface area contributed by atoms with Crippen LogP contribution in [0.4, 0.5) is 5.82 Å². The van der Waals surface area contributed by atoms with E-state index in [0.29, 0.717) is 6.61 Å². The minimum Gasteiger partial charge on any atom is -0.378 e. The van der Waals surface area contributed by atoms with Crippen molar-refractivity contribution in [3.05, 3.63) is 33.7 Å². The second-order valence-electron chi connectivity index (χ2n) is 5.42. The SMILES string of the molecule is CNc1cc(C)nc(C2COCCN2Cc2scnc2C)n1. The molecule has 1 N–H and O–H groups in total. The molecular formula is C15H21N5OS. The number of thiazole rings is 1. The van der Waals surface area contributed by atoms with Crippen molar-refractivity contribution in [2.24, 2.45) is 0 Å². The summed E-state index contributed by atoms with van der Waals surface area (Å²) in [6, 6.07) is 2.03. The van der Waals surface area contributed by atoms with Gasteiger partial charge in [0.2, 0.25) is 0 Å². The highest BCUT2D eigenvalue weighted by atomic mass is 32.1. The number of nitrogens with zero attached hydrogens (tertiary/aromatic N) is 4. The van der Waals surface area contributed by atoms with Gasteiger partial charge in [-0.15, -0.1) is 11.3 Å². The molecule has 1 unspecified atom stereocenters. The number of rotatable bonds is 4. The number of aryl methyl sites for hydroxylation is 2. The lowest BCUT2D eigenvalue weighted by atomic mass is 10.2. The van der Waals surface area contributed by atoms with Crippen LogP contribution in [0.1, 0.15) is 28.1 Å². The average Bonchev–Trinajstić information content (AvgIpc) is 2.92. The van der Waals surface area contributed by atoms with E-state index in [9.17, 15) is 0 Å². The van der Waals surface area contributed by atoms with Gasteiger partial charge in [-0.2, -0.15) is 0 Å². The molecule has 6 nitrogen and oxygen atoms in total. The van der Waals surface area contributed by atoms with Gasteiger partial charge in [0, 0.05) is 36.8 Å². The summed E-state index contributed by atoms with van der Waals surface area (Å²) in [7, 11) is 1.88. The van der Waals surface area contributed by atoms with Crippen molar-refractivity contribution in [2.45, 2.75) is 26.4 Å². The van der Waals surface area contributed by atoms with Crippen LogP contribution in [0.2, 0.25) is 0 Å². The quantitative estimate of drug-likeness (QED) is 0.932. The van der Waals surface area contributed by atoms with Gasteiger partial charge in [-0.1, -0.05) is 0 Å². The minimum absolute atomic E-state index is 0.0854. The average molecular weight is 319 g/mol. The fraction of sp³-hybridized carbons (Fsp3) is 0.533. The summed E-state index contributed by atoms with van der Waals surface area (Å²) in [5.74, 6) is 1.67. The van der Waals surface area contributed by atoms with Crippen molar-refractivity contribution in [2.75, 3.05) is 32.1 Å². The predicted molar refractivity (Wildman–Crippen MR) is 87.1 cm³/mol. The minimum atomic E-state index is 0.0854. The molecule has 1 saturated heterocycles. The Labute approximate surface area is 134 Å². The molecule has 0 amide bonds. The molecule has 118 valence electrons. The van der Waals surface area contributed by atoms with Gasteiger partial charge in [-0.25, -0.2) is 15.0 Å². The second-order valence-corrected chi connectivity index (χ2v) is 6.36. The molecule has 1 aliphatic rings. The first-order chi connectivity index (χ1) is 10.7. The van der Waals surface area contributed by atoms with E-state index in [4.69, 9.17) is 4.74 Å². The van der Waals surface area contributed by atoms with Crippen LogP contribution in [0, 0.1) is 13.8 Å². The molecule has 7 heteroatoms. The normalized spacial score (nSPS) is 19.3. The van der Waals surface area contributed by atoms with Crippen LogP contribution in [-0.2, 0) is 11.3 Å². The van der Waals surface area contributed by atoms with Crippen molar-refractivity contribution in [1.29, 1.82) is 0 Å². The highest BCUT2D eigenvalue weighted by Gasteiger charge is 2.28. The molecule has 2 aromatic rings. The molecule has 1 aliphatic heterocycles. The first kappa shape index (κ1) is 15.3. The first-order valence-corrected chi connectivity index (χ1v) is 8.29. The summed E-state index contributed by atoms with van der Waals surface area (Å²) in [6.07, 6.45) is 0. The third-order valence-corrected chi connectivity index (χ3v) is 4.78. The second kappa shape index (κ2) is 6.68. The molecule has 3 rings (SSSR count). The number of hydrogen-bond acceptors (Lipinski definition) is 7. The molecule has 0 aliphatic carbocycles. The third kappa shape index (κ3) is 3.26. The Morgan fingerprint density at radius 1 is 1.41 bits per heavy atom. The molecular weight excluding hydrogens is 298 g/mol. The molecule has 0 saturated carbocycles. The fourth-order valence-electron chi connectivity index (χ4n) is 2.60. The van der Waals surface area contributed by atoms with Gasteiger partial charge in [0.1, 0.15) is 11.6 Å². The van der Waals surface area contributed by atoms with E-state index in [1.54, 1.807) is 11.3 Å². The van der Waals surface area contributed by atoms with Crippen LogP contribution in [0.5, 0.6) is 0 Å². The van der Waals surface area contributed by atoms with Crippen LogP contribution in [0.25, 0.3) is 0 Å². The Bertz CT molecular complexity index is 645. The van der Waals surface area contributed by atoms with E-state index in [2.05, 4.69) is 32.1 Å². The predicted octanol–water partition coefficient (Wildman–Crippen LogP) is 2.17. The highest BCUT2D eigenvalue weighted by Crippen LogP contribution is 2.26. The number of hydrogen-bond donors (Lipinski definition) is 1. The Hall–Kier alpha value is -1.57. The molecule has 1 atom stereocenters. The third-order valence-electron chi connectivity index (χ3n) is 3.86. The zero-order valence-corrected chi connectivity index (χ0v) is 14.0. The molecule has 0 radical (unpaired) electrons. The molecule has 22 heavy (non-hydrogen) atoms. The number of nitrogens with one attached hydrogen (secondary N) is 1. The van der Waals surface area contributed by atoms with Crippen LogP contribution in [0.3, 0.4) is 0 Å². The smallest absolute Gasteiger partial charge is 0.150 e. The summed E-state index contributed by atoms with van der Waals surface area (Å²) >= 11 is 1.70. The van der Waals surface area contributed by atoms with Crippen LogP contribution < -0.4 is 5.32 Å². The van der Waals surface area contributed by atoms with Gasteiger partial charge >= 0.3 is 0 Å². The van der Waals surface area contributed by atoms with Gasteiger partial charge in [-0.3, -0.25) is 4.90 Å². The molecule has 2 aromatic heterocycles. The summed E-state index contributed by atoms with van der Waals surface area (Å²) in [5.41, 5.74) is 3.98. The molecule has 0 spiro atoms. The van der Waals surface area contributed by atoms with E-state index in [-0.39, 0.29) is 6.04 Å². The molecule has 1 fully saturated rings. The lowest BCUT2D eigenvalue weighted by Gasteiger charge is -2.34. The van der Waals surface area contributed by atoms with Crippen LogP contribution >= 0.6 is 11.3 Å². The van der Waals surface area contributed by atoms with Crippen LogP contribution in [-0.4, -0.2) is 46.7 Å². The van der Waals surface area contributed by atoms with Gasteiger partial charge < -0.3 is 10.1 Å². The van der Waals surface area contributed by atoms with E-state index in [1.165, 1.54) is 4.88 Å².